The van der Waals surface area contributed by atoms with Gasteiger partial charge in [-0.3, -0.25) is 14.9 Å². The Bertz CT molecular complexity index is 519. The van der Waals surface area contributed by atoms with Crippen molar-refractivity contribution in [2.24, 2.45) is 5.92 Å². The summed E-state index contributed by atoms with van der Waals surface area (Å²) in [6.45, 7) is 3.98. The summed E-state index contributed by atoms with van der Waals surface area (Å²) in [6, 6.07) is 3.18. The number of carboxylic acids is 1. The van der Waals surface area contributed by atoms with Gasteiger partial charge in [0.2, 0.25) is 0 Å². The number of nitro benzene ring substituents is 1. The van der Waals surface area contributed by atoms with Gasteiger partial charge in [-0.1, -0.05) is 6.92 Å². The van der Waals surface area contributed by atoms with Crippen LogP contribution < -0.4 is 5.32 Å². The molecule has 1 aromatic rings. The molecule has 0 saturated carbocycles. The first-order valence-electron chi connectivity index (χ1n) is 6.24. The van der Waals surface area contributed by atoms with Gasteiger partial charge in [0.25, 0.3) is 5.69 Å². The molecule has 1 unspecified atom stereocenters. The quantitative estimate of drug-likeness (QED) is 0.448. The number of nitrogens with zero attached hydrogens (tertiary/aromatic N) is 1. The number of aliphatic carboxylic acids is 1. The van der Waals surface area contributed by atoms with Gasteiger partial charge in [-0.2, -0.15) is 0 Å². The highest BCUT2D eigenvalue weighted by molar-refractivity contribution is 9.10. The van der Waals surface area contributed by atoms with E-state index in [4.69, 9.17) is 5.11 Å². The molecule has 0 aromatic heterocycles. The minimum absolute atomic E-state index is 0.0712. The molecule has 110 valence electrons. The summed E-state index contributed by atoms with van der Waals surface area (Å²) in [5.41, 5.74) is 1.43. The minimum atomic E-state index is -0.794. The fourth-order valence-electron chi connectivity index (χ4n) is 1.76. The fraction of sp³-hybridized carbons (Fsp3) is 0.462. The standard InChI is InChI=1S/C13H17BrN2O4/c1-8(13(17)18)4-3-5-15-11-6-9(2)12(16(19)20)7-10(11)14/h6-8,15H,3-5H2,1-2H3,(H,17,18). The van der Waals surface area contributed by atoms with Gasteiger partial charge >= 0.3 is 5.97 Å². The zero-order valence-electron chi connectivity index (χ0n) is 11.4. The SMILES string of the molecule is Cc1cc(NCCCC(C)C(=O)O)c(Br)cc1[N+](=O)[O-]. The van der Waals surface area contributed by atoms with Crippen molar-refractivity contribution in [2.75, 3.05) is 11.9 Å². The van der Waals surface area contributed by atoms with Crippen molar-refractivity contribution >= 4 is 33.3 Å². The van der Waals surface area contributed by atoms with E-state index in [-0.39, 0.29) is 11.6 Å². The predicted molar refractivity (Wildman–Crippen MR) is 80.1 cm³/mol. The van der Waals surface area contributed by atoms with Gasteiger partial charge in [-0.25, -0.2) is 0 Å². The van der Waals surface area contributed by atoms with Crippen LogP contribution in [0.5, 0.6) is 0 Å². The molecular formula is C13H17BrN2O4. The first-order chi connectivity index (χ1) is 9.32. The van der Waals surface area contributed by atoms with Gasteiger partial charge in [-0.15, -0.1) is 0 Å². The third kappa shape index (κ3) is 4.48. The van der Waals surface area contributed by atoms with Crippen molar-refractivity contribution in [3.05, 3.63) is 32.3 Å². The minimum Gasteiger partial charge on any atom is -0.481 e. The number of hydrogen-bond acceptors (Lipinski definition) is 4. The molecular weight excluding hydrogens is 328 g/mol. The van der Waals surface area contributed by atoms with Crippen LogP contribution >= 0.6 is 15.9 Å². The van der Waals surface area contributed by atoms with Crippen LogP contribution in [0.3, 0.4) is 0 Å². The summed E-state index contributed by atoms with van der Waals surface area (Å²) in [7, 11) is 0. The molecule has 1 rings (SSSR count). The summed E-state index contributed by atoms with van der Waals surface area (Å²) in [5.74, 6) is -1.16. The van der Waals surface area contributed by atoms with E-state index < -0.39 is 10.9 Å². The molecule has 0 heterocycles. The smallest absolute Gasteiger partial charge is 0.306 e. The lowest BCUT2D eigenvalue weighted by Gasteiger charge is -2.11. The van der Waals surface area contributed by atoms with E-state index in [0.717, 1.165) is 12.1 Å². The molecule has 7 heteroatoms. The molecule has 0 bridgehead atoms. The number of carbonyl (C=O) groups is 1. The van der Waals surface area contributed by atoms with Gasteiger partial charge in [0.15, 0.2) is 0 Å². The first kappa shape index (κ1) is 16.4. The third-order valence-corrected chi connectivity index (χ3v) is 3.69. The van der Waals surface area contributed by atoms with Crippen molar-refractivity contribution < 1.29 is 14.8 Å². The number of benzene rings is 1. The lowest BCUT2D eigenvalue weighted by Crippen LogP contribution is -2.11. The van der Waals surface area contributed by atoms with Gasteiger partial charge in [-0.05, 0) is 41.8 Å². The number of nitrogens with one attached hydrogen (secondary N) is 1. The Morgan fingerprint density at radius 2 is 2.20 bits per heavy atom. The Kier molecular flexibility index (Phi) is 5.94. The molecule has 0 amide bonds. The molecule has 0 aliphatic rings. The van der Waals surface area contributed by atoms with Crippen molar-refractivity contribution in [1.82, 2.24) is 0 Å². The number of hydrogen-bond donors (Lipinski definition) is 2. The van der Waals surface area contributed by atoms with Crippen LogP contribution in [-0.4, -0.2) is 22.5 Å². The monoisotopic (exact) mass is 344 g/mol. The molecule has 0 aliphatic heterocycles. The highest BCUT2D eigenvalue weighted by Gasteiger charge is 2.14. The summed E-state index contributed by atoms with van der Waals surface area (Å²) in [6.07, 6.45) is 1.31. The summed E-state index contributed by atoms with van der Waals surface area (Å²) < 4.78 is 0.626. The molecule has 0 saturated heterocycles. The van der Waals surface area contributed by atoms with Crippen LogP contribution in [-0.2, 0) is 4.79 Å². The predicted octanol–water partition coefficient (Wildman–Crippen LogP) is 3.58. The van der Waals surface area contributed by atoms with E-state index >= 15 is 0 Å². The number of rotatable bonds is 7. The van der Waals surface area contributed by atoms with Gasteiger partial charge < -0.3 is 10.4 Å². The largest absolute Gasteiger partial charge is 0.481 e. The normalized spacial score (nSPS) is 11.9. The number of halogens is 1. The van der Waals surface area contributed by atoms with Crippen molar-refractivity contribution in [3.8, 4) is 0 Å². The third-order valence-electron chi connectivity index (χ3n) is 3.03. The maximum absolute atomic E-state index is 10.8. The number of aryl methyl sites for hydroxylation is 1. The first-order valence-corrected chi connectivity index (χ1v) is 7.03. The lowest BCUT2D eigenvalue weighted by atomic mass is 10.1. The van der Waals surface area contributed by atoms with Gasteiger partial charge in [0, 0.05) is 28.3 Å². The topological polar surface area (TPSA) is 92.5 Å². The Hall–Kier alpha value is -1.63. The van der Waals surface area contributed by atoms with Gasteiger partial charge in [0.1, 0.15) is 0 Å². The van der Waals surface area contributed by atoms with Crippen LogP contribution in [0.1, 0.15) is 25.3 Å². The van der Waals surface area contributed by atoms with Crippen molar-refractivity contribution in [3.63, 3.8) is 0 Å². The van der Waals surface area contributed by atoms with E-state index in [1.54, 1.807) is 19.9 Å². The van der Waals surface area contributed by atoms with Crippen LogP contribution in [0.2, 0.25) is 0 Å². The van der Waals surface area contributed by atoms with Crippen LogP contribution in [0.4, 0.5) is 11.4 Å². The Morgan fingerprint density at radius 1 is 1.55 bits per heavy atom. The number of carboxylic acid groups (broad SMARTS) is 1. The lowest BCUT2D eigenvalue weighted by molar-refractivity contribution is -0.385. The van der Waals surface area contributed by atoms with Crippen LogP contribution in [0.15, 0.2) is 16.6 Å². The average Bonchev–Trinajstić information content (AvgIpc) is 2.37. The second kappa shape index (κ2) is 7.23. The molecule has 0 fully saturated rings. The molecule has 0 radical (unpaired) electrons. The molecule has 1 atom stereocenters. The summed E-state index contributed by atoms with van der Waals surface area (Å²) in [5, 5.41) is 22.7. The highest BCUT2D eigenvalue weighted by atomic mass is 79.9. The van der Waals surface area contributed by atoms with E-state index in [1.165, 1.54) is 6.07 Å². The molecule has 20 heavy (non-hydrogen) atoms. The zero-order chi connectivity index (χ0) is 15.3. The van der Waals surface area contributed by atoms with E-state index in [1.807, 2.05) is 0 Å². The van der Waals surface area contributed by atoms with Crippen LogP contribution in [0, 0.1) is 23.0 Å². The van der Waals surface area contributed by atoms with Gasteiger partial charge in [0.05, 0.1) is 10.8 Å². The van der Waals surface area contributed by atoms with E-state index in [9.17, 15) is 14.9 Å². The maximum atomic E-state index is 10.8. The molecule has 6 nitrogen and oxygen atoms in total. The van der Waals surface area contributed by atoms with Crippen molar-refractivity contribution in [1.29, 1.82) is 0 Å². The second-order valence-electron chi connectivity index (χ2n) is 4.68. The summed E-state index contributed by atoms with van der Waals surface area (Å²) >= 11 is 3.29. The molecule has 0 aliphatic carbocycles. The fourth-order valence-corrected chi connectivity index (χ4v) is 2.23. The van der Waals surface area contributed by atoms with E-state index in [2.05, 4.69) is 21.2 Å². The Labute approximate surface area is 125 Å². The second-order valence-corrected chi connectivity index (χ2v) is 5.54. The number of nitro groups is 1. The highest BCUT2D eigenvalue weighted by Crippen LogP contribution is 2.30. The van der Waals surface area contributed by atoms with Crippen molar-refractivity contribution in [2.45, 2.75) is 26.7 Å². The average molecular weight is 345 g/mol. The number of anilines is 1. The molecule has 2 N–H and O–H groups in total. The Balaban J connectivity index is 2.59. The Morgan fingerprint density at radius 3 is 2.75 bits per heavy atom. The van der Waals surface area contributed by atoms with Crippen LogP contribution in [0.25, 0.3) is 0 Å². The van der Waals surface area contributed by atoms with E-state index in [0.29, 0.717) is 23.0 Å². The summed E-state index contributed by atoms with van der Waals surface area (Å²) in [4.78, 5) is 21.0. The molecule has 1 aromatic carbocycles. The molecule has 0 spiro atoms. The maximum Gasteiger partial charge on any atom is 0.306 e. The zero-order valence-corrected chi connectivity index (χ0v) is 12.9.